The molecule has 0 aliphatic rings. The number of alkyl halides is 6. The molecule has 0 bridgehead atoms. The third-order valence-electron chi connectivity index (χ3n) is 1.66. The summed E-state index contributed by atoms with van der Waals surface area (Å²) in [7, 11) is 0. The van der Waals surface area contributed by atoms with Crippen LogP contribution >= 0.6 is 0 Å². The van der Waals surface area contributed by atoms with Crippen molar-refractivity contribution in [2.75, 3.05) is 0 Å². The Morgan fingerprint density at radius 3 is 2.00 bits per heavy atom. The highest BCUT2D eigenvalue weighted by molar-refractivity contribution is 5.81. The molecule has 2 nitrogen and oxygen atoms in total. The van der Waals surface area contributed by atoms with Crippen molar-refractivity contribution in [3.8, 4) is 0 Å². The van der Waals surface area contributed by atoms with Crippen molar-refractivity contribution in [3.05, 3.63) is 12.7 Å². The van der Waals surface area contributed by atoms with Crippen LogP contribution in [0.25, 0.3) is 0 Å². The van der Waals surface area contributed by atoms with Crippen molar-refractivity contribution in [3.63, 3.8) is 0 Å². The zero-order chi connectivity index (χ0) is 13.2. The largest absolute Gasteiger partial charge is 0.473 e. The summed E-state index contributed by atoms with van der Waals surface area (Å²) < 4.78 is 78.5. The zero-order valence-corrected chi connectivity index (χ0v) is 8.08. The molecule has 0 aromatic rings. The number of carbonyl (C=O) groups is 1. The standard InChI is InChI=1S/C8H8F6O2/c1-3-5(15)16-8(13,14)7(11,12)6(9,10)4-2/h3H,1,4H2,2H3. The molecule has 0 unspecified atom stereocenters. The number of hydrogen-bond donors (Lipinski definition) is 0. The first-order valence-electron chi connectivity index (χ1n) is 4.00. The molecule has 8 heteroatoms. The lowest BCUT2D eigenvalue weighted by atomic mass is 10.1. The molecule has 0 saturated carbocycles. The monoisotopic (exact) mass is 250 g/mol. The van der Waals surface area contributed by atoms with Gasteiger partial charge in [-0.05, 0) is 0 Å². The highest BCUT2D eigenvalue weighted by atomic mass is 19.3. The smallest absolute Gasteiger partial charge is 0.393 e. The topological polar surface area (TPSA) is 26.3 Å². The third-order valence-corrected chi connectivity index (χ3v) is 1.66. The number of hydrogen-bond acceptors (Lipinski definition) is 2. The van der Waals surface area contributed by atoms with E-state index < -0.39 is 30.3 Å². The fourth-order valence-corrected chi connectivity index (χ4v) is 0.667. The summed E-state index contributed by atoms with van der Waals surface area (Å²) in [5, 5.41) is 0. The summed E-state index contributed by atoms with van der Waals surface area (Å²) >= 11 is 0. The predicted molar refractivity (Wildman–Crippen MR) is 41.4 cm³/mol. The maximum Gasteiger partial charge on any atom is 0.473 e. The number of carbonyl (C=O) groups excluding carboxylic acids is 1. The van der Waals surface area contributed by atoms with Crippen LogP contribution in [0.15, 0.2) is 12.7 Å². The van der Waals surface area contributed by atoms with Crippen molar-refractivity contribution in [2.24, 2.45) is 0 Å². The Hall–Kier alpha value is -1.21. The summed E-state index contributed by atoms with van der Waals surface area (Å²) in [5.41, 5.74) is 0. The Morgan fingerprint density at radius 2 is 1.69 bits per heavy atom. The molecule has 0 radical (unpaired) electrons. The highest BCUT2D eigenvalue weighted by Crippen LogP contribution is 2.47. The first kappa shape index (κ1) is 14.8. The molecule has 0 spiro atoms. The zero-order valence-electron chi connectivity index (χ0n) is 8.08. The maximum absolute atomic E-state index is 12.7. The Bertz CT molecular complexity index is 286. The second kappa shape index (κ2) is 4.34. The Balaban J connectivity index is 5.12. The van der Waals surface area contributed by atoms with Crippen LogP contribution in [0.2, 0.25) is 0 Å². The van der Waals surface area contributed by atoms with Crippen molar-refractivity contribution in [1.82, 2.24) is 0 Å². The van der Waals surface area contributed by atoms with Crippen LogP contribution in [0.3, 0.4) is 0 Å². The Kier molecular flexibility index (Phi) is 4.01. The molecule has 0 aromatic heterocycles. The minimum absolute atomic E-state index is 0.161. The van der Waals surface area contributed by atoms with E-state index >= 15 is 0 Å². The van der Waals surface area contributed by atoms with E-state index in [1.807, 2.05) is 0 Å². The Morgan fingerprint density at radius 1 is 1.25 bits per heavy atom. The van der Waals surface area contributed by atoms with Crippen LogP contribution in [0, 0.1) is 0 Å². The molecule has 0 heterocycles. The average Bonchev–Trinajstić information content (AvgIpc) is 2.16. The molecule has 16 heavy (non-hydrogen) atoms. The van der Waals surface area contributed by atoms with Crippen molar-refractivity contribution in [2.45, 2.75) is 31.3 Å². The molecule has 0 saturated heterocycles. The van der Waals surface area contributed by atoms with E-state index in [4.69, 9.17) is 0 Å². The van der Waals surface area contributed by atoms with Gasteiger partial charge >= 0.3 is 23.9 Å². The molecule has 94 valence electrons. The summed E-state index contributed by atoms with van der Waals surface area (Å²) in [5.74, 6) is -12.7. The van der Waals surface area contributed by atoms with Gasteiger partial charge in [-0.3, -0.25) is 0 Å². The van der Waals surface area contributed by atoms with Crippen LogP contribution in [0.1, 0.15) is 13.3 Å². The molecule has 0 atom stereocenters. The van der Waals surface area contributed by atoms with Gasteiger partial charge in [0, 0.05) is 12.5 Å². The molecule has 0 aromatic carbocycles. The van der Waals surface area contributed by atoms with Crippen LogP contribution in [0.5, 0.6) is 0 Å². The van der Waals surface area contributed by atoms with Gasteiger partial charge in [-0.1, -0.05) is 13.5 Å². The number of rotatable bonds is 5. The molecule has 0 aliphatic carbocycles. The quantitative estimate of drug-likeness (QED) is 0.426. The van der Waals surface area contributed by atoms with E-state index in [2.05, 4.69) is 11.3 Å². The highest BCUT2D eigenvalue weighted by Gasteiger charge is 2.73. The number of esters is 1. The fraction of sp³-hybridized carbons (Fsp3) is 0.625. The minimum atomic E-state index is -5.78. The lowest BCUT2D eigenvalue weighted by molar-refractivity contribution is -0.383. The van der Waals surface area contributed by atoms with E-state index in [-0.39, 0.29) is 6.08 Å². The Labute approximate surface area is 86.9 Å². The van der Waals surface area contributed by atoms with Crippen molar-refractivity contribution in [1.29, 1.82) is 0 Å². The average molecular weight is 250 g/mol. The predicted octanol–water partition coefficient (Wildman–Crippen LogP) is 2.99. The lowest BCUT2D eigenvalue weighted by Crippen LogP contribution is -2.55. The maximum atomic E-state index is 12.7. The molecule has 0 fully saturated rings. The molecular formula is C8H8F6O2. The number of halogens is 6. The second-order valence-corrected chi connectivity index (χ2v) is 2.77. The van der Waals surface area contributed by atoms with Crippen LogP contribution in [-0.4, -0.2) is 23.9 Å². The van der Waals surface area contributed by atoms with Crippen LogP contribution < -0.4 is 0 Å². The van der Waals surface area contributed by atoms with Gasteiger partial charge in [-0.15, -0.1) is 0 Å². The van der Waals surface area contributed by atoms with Gasteiger partial charge in [0.05, 0.1) is 0 Å². The van der Waals surface area contributed by atoms with E-state index in [1.165, 1.54) is 0 Å². The van der Waals surface area contributed by atoms with Gasteiger partial charge in [0.1, 0.15) is 0 Å². The van der Waals surface area contributed by atoms with Gasteiger partial charge in [-0.25, -0.2) is 4.79 Å². The molecule has 0 amide bonds. The van der Waals surface area contributed by atoms with E-state index in [1.54, 1.807) is 0 Å². The van der Waals surface area contributed by atoms with E-state index in [0.717, 1.165) is 0 Å². The van der Waals surface area contributed by atoms with Crippen LogP contribution in [0.4, 0.5) is 26.3 Å². The second-order valence-electron chi connectivity index (χ2n) is 2.77. The minimum Gasteiger partial charge on any atom is -0.393 e. The van der Waals surface area contributed by atoms with Crippen molar-refractivity contribution >= 4 is 5.97 Å². The first-order valence-corrected chi connectivity index (χ1v) is 4.00. The van der Waals surface area contributed by atoms with Crippen molar-refractivity contribution < 1.29 is 35.9 Å². The molecular weight excluding hydrogens is 242 g/mol. The number of ether oxygens (including phenoxy) is 1. The molecule has 0 N–H and O–H groups in total. The van der Waals surface area contributed by atoms with Gasteiger partial charge in [0.25, 0.3) is 0 Å². The molecule has 0 rings (SSSR count). The normalized spacial score (nSPS) is 13.4. The summed E-state index contributed by atoms with van der Waals surface area (Å²) in [6.45, 7) is 3.27. The third kappa shape index (κ3) is 2.48. The van der Waals surface area contributed by atoms with Crippen LogP contribution in [-0.2, 0) is 9.53 Å². The fourth-order valence-electron chi connectivity index (χ4n) is 0.667. The molecule has 0 aliphatic heterocycles. The SMILES string of the molecule is C=CC(=O)OC(F)(F)C(F)(F)C(F)(F)CC. The van der Waals surface area contributed by atoms with E-state index in [9.17, 15) is 31.1 Å². The summed E-state index contributed by atoms with van der Waals surface area (Å²) in [4.78, 5) is 10.3. The van der Waals surface area contributed by atoms with Gasteiger partial charge in [0.2, 0.25) is 0 Å². The first-order chi connectivity index (χ1) is 7.02. The van der Waals surface area contributed by atoms with E-state index in [0.29, 0.717) is 6.92 Å². The summed E-state index contributed by atoms with van der Waals surface area (Å²) in [6, 6.07) is 0. The summed E-state index contributed by atoms with van der Waals surface area (Å²) in [6.07, 6.45) is -6.97. The van der Waals surface area contributed by atoms with Gasteiger partial charge < -0.3 is 4.74 Å². The van der Waals surface area contributed by atoms with Gasteiger partial charge in [-0.2, -0.15) is 26.3 Å². The van der Waals surface area contributed by atoms with Gasteiger partial charge in [0.15, 0.2) is 0 Å². The lowest BCUT2D eigenvalue weighted by Gasteiger charge is -2.30.